The van der Waals surface area contributed by atoms with Gasteiger partial charge < -0.3 is 24.2 Å². The average Bonchev–Trinajstić information content (AvgIpc) is 3.25. The van der Waals surface area contributed by atoms with Crippen molar-refractivity contribution in [1.82, 2.24) is 24.5 Å². The first kappa shape index (κ1) is 24.6. The van der Waals surface area contributed by atoms with Gasteiger partial charge in [0.15, 0.2) is 5.82 Å². The molecule has 0 spiro atoms. The van der Waals surface area contributed by atoms with Gasteiger partial charge in [0.2, 0.25) is 5.82 Å². The van der Waals surface area contributed by atoms with Crippen molar-refractivity contribution in [2.75, 3.05) is 19.7 Å². The quantitative estimate of drug-likeness (QED) is 0.563. The highest BCUT2D eigenvalue weighted by Crippen LogP contribution is 2.31. The minimum absolute atomic E-state index is 0.169. The number of aliphatic hydroxyl groups is 1. The lowest BCUT2D eigenvalue weighted by molar-refractivity contribution is 0.00658. The fraction of sp³-hybridized carbons (Fsp3) is 0.500. The third kappa shape index (κ3) is 5.79. The molecule has 0 unspecified atom stereocenters. The van der Waals surface area contributed by atoms with Crippen molar-refractivity contribution in [3.63, 3.8) is 0 Å². The molecule has 1 amide bonds. The highest BCUT2D eigenvalue weighted by molar-refractivity contribution is 5.75. The second-order valence-electron chi connectivity index (χ2n) is 9.48. The number of amides is 1. The van der Waals surface area contributed by atoms with Gasteiger partial charge in [-0.25, -0.2) is 9.31 Å². The van der Waals surface area contributed by atoms with E-state index < -0.39 is 29.7 Å². The molecular formula is C24H30FN5O5. The molecule has 0 aliphatic carbocycles. The van der Waals surface area contributed by atoms with Gasteiger partial charge in [-0.1, -0.05) is 6.07 Å². The van der Waals surface area contributed by atoms with Crippen molar-refractivity contribution in [2.45, 2.75) is 58.3 Å². The van der Waals surface area contributed by atoms with Crippen LogP contribution in [0.15, 0.2) is 30.6 Å². The summed E-state index contributed by atoms with van der Waals surface area (Å²) in [5.41, 5.74) is 0.665. The molecule has 1 aliphatic heterocycles. The van der Waals surface area contributed by atoms with Crippen molar-refractivity contribution in [1.29, 1.82) is 0 Å². The van der Waals surface area contributed by atoms with Crippen LogP contribution in [-0.2, 0) is 4.74 Å². The van der Waals surface area contributed by atoms with E-state index >= 15 is 4.39 Å². The fourth-order valence-electron chi connectivity index (χ4n) is 3.70. The Morgan fingerprint density at radius 2 is 2.06 bits per heavy atom. The van der Waals surface area contributed by atoms with E-state index in [4.69, 9.17) is 14.2 Å². The van der Waals surface area contributed by atoms with Crippen LogP contribution in [0, 0.1) is 5.82 Å². The summed E-state index contributed by atoms with van der Waals surface area (Å²) in [6.07, 6.45) is 3.00. The molecule has 1 fully saturated rings. The monoisotopic (exact) mass is 487 g/mol. The van der Waals surface area contributed by atoms with Crippen molar-refractivity contribution in [3.05, 3.63) is 36.4 Å². The van der Waals surface area contributed by atoms with Gasteiger partial charge in [0.1, 0.15) is 17.8 Å². The van der Waals surface area contributed by atoms with Gasteiger partial charge in [-0.2, -0.15) is 19.5 Å². The predicted octanol–water partition coefficient (Wildman–Crippen LogP) is 3.47. The van der Waals surface area contributed by atoms with Crippen molar-refractivity contribution in [3.8, 4) is 23.1 Å². The molecule has 4 rings (SSSR count). The SMILES string of the molecule is C[C@@H](CO)Oc1nc(-c2cnn3ccccc23)nc(O[C@@H]2CCCN(C(=O)OC(C)(C)C)C2)c1F. The van der Waals surface area contributed by atoms with Crippen molar-refractivity contribution >= 4 is 11.6 Å². The van der Waals surface area contributed by atoms with E-state index in [1.54, 1.807) is 49.5 Å². The number of rotatable bonds is 6. The van der Waals surface area contributed by atoms with Crippen LogP contribution in [0.2, 0.25) is 0 Å². The number of pyridine rings is 1. The molecular weight excluding hydrogens is 457 g/mol. The molecule has 0 saturated carbocycles. The molecule has 1 aliphatic rings. The standard InChI is InChI=1S/C24H30FN5O5/c1-15(14-31)33-21-19(25)22(28-20(27-21)17-12-26-30-11-6-5-9-18(17)30)34-16-8-7-10-29(13-16)23(32)35-24(2,3)4/h5-6,9,11-12,15-16,31H,7-8,10,13-14H2,1-4H3/t15-,16+/m0/s1. The van der Waals surface area contributed by atoms with Gasteiger partial charge >= 0.3 is 6.09 Å². The van der Waals surface area contributed by atoms with Crippen LogP contribution in [0.4, 0.5) is 9.18 Å². The first-order valence-electron chi connectivity index (χ1n) is 11.6. The van der Waals surface area contributed by atoms with E-state index in [9.17, 15) is 9.90 Å². The van der Waals surface area contributed by atoms with E-state index in [2.05, 4.69) is 15.1 Å². The predicted molar refractivity (Wildman–Crippen MR) is 125 cm³/mol. The Morgan fingerprint density at radius 3 is 2.80 bits per heavy atom. The average molecular weight is 488 g/mol. The topological polar surface area (TPSA) is 111 Å². The molecule has 2 atom stereocenters. The van der Waals surface area contributed by atoms with E-state index in [1.165, 1.54) is 0 Å². The van der Waals surface area contributed by atoms with Crippen molar-refractivity contribution in [2.24, 2.45) is 0 Å². The first-order chi connectivity index (χ1) is 16.6. The zero-order chi connectivity index (χ0) is 25.2. The van der Waals surface area contributed by atoms with Gasteiger partial charge in [0, 0.05) is 12.7 Å². The van der Waals surface area contributed by atoms with Crippen LogP contribution in [0.3, 0.4) is 0 Å². The third-order valence-electron chi connectivity index (χ3n) is 5.34. The minimum atomic E-state index is -0.875. The highest BCUT2D eigenvalue weighted by Gasteiger charge is 2.30. The maximum atomic E-state index is 15.4. The lowest BCUT2D eigenvalue weighted by Gasteiger charge is -2.34. The Morgan fingerprint density at radius 1 is 1.29 bits per heavy atom. The van der Waals surface area contributed by atoms with Crippen LogP contribution in [0.5, 0.6) is 11.8 Å². The highest BCUT2D eigenvalue weighted by atomic mass is 19.1. The molecule has 10 nitrogen and oxygen atoms in total. The number of hydrogen-bond acceptors (Lipinski definition) is 8. The maximum Gasteiger partial charge on any atom is 0.410 e. The summed E-state index contributed by atoms with van der Waals surface area (Å²) < 4.78 is 33.9. The molecule has 0 aromatic carbocycles. The Kier molecular flexibility index (Phi) is 7.06. The maximum absolute atomic E-state index is 15.4. The summed E-state index contributed by atoms with van der Waals surface area (Å²) in [5, 5.41) is 13.7. The summed E-state index contributed by atoms with van der Waals surface area (Å²) in [6, 6.07) is 5.52. The minimum Gasteiger partial charge on any atom is -0.470 e. The lowest BCUT2D eigenvalue weighted by Crippen LogP contribution is -2.46. The summed E-state index contributed by atoms with van der Waals surface area (Å²) in [6.45, 7) is 7.43. The zero-order valence-electron chi connectivity index (χ0n) is 20.3. The summed E-state index contributed by atoms with van der Waals surface area (Å²) in [7, 11) is 0. The van der Waals surface area contributed by atoms with Gasteiger partial charge in [-0.15, -0.1) is 0 Å². The number of carbonyl (C=O) groups is 1. The Bertz CT molecular complexity index is 1190. The molecule has 3 aromatic heterocycles. The zero-order valence-corrected chi connectivity index (χ0v) is 20.3. The second kappa shape index (κ2) is 10.0. The molecule has 35 heavy (non-hydrogen) atoms. The van der Waals surface area contributed by atoms with Gasteiger partial charge in [-0.05, 0) is 52.7 Å². The lowest BCUT2D eigenvalue weighted by atomic mass is 10.1. The van der Waals surface area contributed by atoms with Crippen LogP contribution in [-0.4, -0.2) is 73.2 Å². The number of aliphatic hydroxyl groups excluding tert-OH is 1. The van der Waals surface area contributed by atoms with Crippen LogP contribution >= 0.6 is 0 Å². The molecule has 0 bridgehead atoms. The Balaban J connectivity index is 1.64. The molecule has 188 valence electrons. The van der Waals surface area contributed by atoms with E-state index in [-0.39, 0.29) is 30.7 Å². The Labute approximate surface area is 202 Å². The second-order valence-corrected chi connectivity index (χ2v) is 9.48. The smallest absolute Gasteiger partial charge is 0.410 e. The molecule has 11 heteroatoms. The molecule has 4 heterocycles. The van der Waals surface area contributed by atoms with Gasteiger partial charge in [-0.3, -0.25) is 0 Å². The summed E-state index contributed by atoms with van der Waals surface area (Å²) in [4.78, 5) is 22.7. The summed E-state index contributed by atoms with van der Waals surface area (Å²) in [5.74, 6) is -1.33. The molecule has 1 saturated heterocycles. The number of nitrogens with zero attached hydrogens (tertiary/aromatic N) is 5. The first-order valence-corrected chi connectivity index (χ1v) is 11.6. The number of carbonyl (C=O) groups excluding carboxylic acids is 1. The third-order valence-corrected chi connectivity index (χ3v) is 5.34. The number of ether oxygens (including phenoxy) is 3. The summed E-state index contributed by atoms with van der Waals surface area (Å²) >= 11 is 0. The molecule has 3 aromatic rings. The van der Waals surface area contributed by atoms with Crippen molar-refractivity contribution < 1.29 is 28.5 Å². The van der Waals surface area contributed by atoms with Gasteiger partial charge in [0.05, 0.1) is 30.4 Å². The van der Waals surface area contributed by atoms with E-state index in [0.29, 0.717) is 24.9 Å². The normalized spacial score (nSPS) is 17.3. The van der Waals surface area contributed by atoms with Crippen LogP contribution in [0.1, 0.15) is 40.5 Å². The van der Waals surface area contributed by atoms with E-state index in [0.717, 1.165) is 5.52 Å². The number of aromatic nitrogens is 4. The number of piperidine rings is 1. The number of hydrogen-bond donors (Lipinski definition) is 1. The van der Waals surface area contributed by atoms with Gasteiger partial charge in [0.25, 0.3) is 11.8 Å². The van der Waals surface area contributed by atoms with Crippen LogP contribution in [0.25, 0.3) is 16.9 Å². The molecule has 1 N–H and O–H groups in total. The van der Waals surface area contributed by atoms with Crippen LogP contribution < -0.4 is 9.47 Å². The molecule has 0 radical (unpaired) electrons. The largest absolute Gasteiger partial charge is 0.470 e. The number of fused-ring (bicyclic) bond motifs is 1. The van der Waals surface area contributed by atoms with E-state index in [1.807, 2.05) is 18.2 Å². The number of likely N-dealkylation sites (tertiary alicyclic amines) is 1. The fourth-order valence-corrected chi connectivity index (χ4v) is 3.70. The number of halogens is 1. The Hall–Kier alpha value is -3.47.